The molecule has 15 heteroatoms. The number of hydrogen-bond donors (Lipinski definition) is 4. The second kappa shape index (κ2) is 14.3. The number of urea groups is 1. The van der Waals surface area contributed by atoms with Crippen LogP contribution >= 0.6 is 0 Å². The third-order valence-corrected chi connectivity index (χ3v) is 11.9. The van der Waals surface area contributed by atoms with Crippen LogP contribution in [0.3, 0.4) is 0 Å². The van der Waals surface area contributed by atoms with Gasteiger partial charge in [0, 0.05) is 41.5 Å². The van der Waals surface area contributed by atoms with Crippen molar-refractivity contribution in [1.29, 1.82) is 0 Å². The molecular formula is C38H45N5O9S. The Morgan fingerprint density at radius 2 is 1.85 bits per heavy atom. The highest BCUT2D eigenvalue weighted by molar-refractivity contribution is 7.91. The number of carbonyl (C=O) groups is 4. The molecule has 4 N–H and O–H groups in total. The van der Waals surface area contributed by atoms with Gasteiger partial charge in [0.15, 0.2) is 9.84 Å². The van der Waals surface area contributed by atoms with E-state index < -0.39 is 74.8 Å². The molecule has 2 aliphatic heterocycles. The average Bonchev–Trinajstić information content (AvgIpc) is 3.49. The van der Waals surface area contributed by atoms with Crippen molar-refractivity contribution in [2.24, 2.45) is 11.3 Å². The molecule has 0 bridgehead atoms. The van der Waals surface area contributed by atoms with Crippen LogP contribution in [-0.2, 0) is 24.2 Å². The predicted molar refractivity (Wildman–Crippen MR) is 197 cm³/mol. The summed E-state index contributed by atoms with van der Waals surface area (Å²) in [5, 5.41) is 18.9. The molecular weight excluding hydrogens is 703 g/mol. The quantitative estimate of drug-likeness (QED) is 0.212. The van der Waals surface area contributed by atoms with E-state index in [1.165, 1.54) is 11.0 Å². The van der Waals surface area contributed by atoms with Crippen molar-refractivity contribution in [3.8, 4) is 22.8 Å². The van der Waals surface area contributed by atoms with Gasteiger partial charge in [0.1, 0.15) is 35.2 Å². The maximum absolute atomic E-state index is 14.2. The van der Waals surface area contributed by atoms with Gasteiger partial charge in [0.25, 0.3) is 0 Å². The third kappa shape index (κ3) is 7.94. The molecule has 3 aliphatic rings. The number of fused-ring (bicyclic) bond motifs is 1. The number of hydrogen-bond acceptors (Lipinski definition) is 9. The fourth-order valence-corrected chi connectivity index (χ4v) is 8.76. The maximum atomic E-state index is 14.2. The Bertz CT molecular complexity index is 2050. The van der Waals surface area contributed by atoms with Crippen LogP contribution in [0, 0.1) is 11.3 Å². The van der Waals surface area contributed by atoms with E-state index in [1.54, 1.807) is 46.1 Å². The summed E-state index contributed by atoms with van der Waals surface area (Å²) < 4.78 is 36.1. The van der Waals surface area contributed by atoms with Crippen LogP contribution in [0.15, 0.2) is 67.3 Å². The van der Waals surface area contributed by atoms with Gasteiger partial charge in [-0.25, -0.2) is 23.0 Å². The minimum Gasteiger partial charge on any atom is -0.497 e. The Labute approximate surface area is 308 Å². The first-order valence-electron chi connectivity index (χ1n) is 17.5. The Morgan fingerprint density at radius 1 is 1.11 bits per heavy atom. The Kier molecular flexibility index (Phi) is 10.2. The van der Waals surface area contributed by atoms with Crippen LogP contribution in [0.25, 0.3) is 22.2 Å². The molecule has 14 nitrogen and oxygen atoms in total. The van der Waals surface area contributed by atoms with Gasteiger partial charge in [0.05, 0.1) is 36.4 Å². The standard InChI is InChI=1S/C38H45N5O9S/c1-6-23-19-38(23,35(46)47)42-33(44)30-17-26(20-43(30)36(48)41-32(37(2,3)4)34(45)39-24-14-15-53(49,50)21-24)52-31-18-28(22-10-8-7-9-11-22)40-29-16-25(51-5)12-13-27(29)31/h6-13,16,18,23-24,26,30,32H,1,14-15,17,19-21H2,2-5H3,(H,39,45)(H,41,48)(H,42,44)(H,46,47)/t23?,24?,26-,30+,32?,38-/m1/s1. The van der Waals surface area contributed by atoms with Gasteiger partial charge in [-0.2, -0.15) is 0 Å². The third-order valence-electron chi connectivity index (χ3n) is 10.2. The summed E-state index contributed by atoms with van der Waals surface area (Å²) in [5.41, 5.74) is -0.281. The van der Waals surface area contributed by atoms with Gasteiger partial charge >= 0.3 is 12.0 Å². The van der Waals surface area contributed by atoms with E-state index in [-0.39, 0.29) is 37.3 Å². The van der Waals surface area contributed by atoms with E-state index in [1.807, 2.05) is 36.4 Å². The number of carboxylic acid groups (broad SMARTS) is 1. The molecule has 3 aromatic rings. The molecule has 3 fully saturated rings. The van der Waals surface area contributed by atoms with Crippen LogP contribution in [0.2, 0.25) is 0 Å². The molecule has 1 aromatic heterocycles. The van der Waals surface area contributed by atoms with Crippen LogP contribution in [0.5, 0.6) is 11.5 Å². The molecule has 6 rings (SSSR count). The van der Waals surface area contributed by atoms with E-state index in [0.29, 0.717) is 28.1 Å². The van der Waals surface area contributed by atoms with Crippen molar-refractivity contribution in [3.63, 3.8) is 0 Å². The van der Waals surface area contributed by atoms with Crippen molar-refractivity contribution < 1.29 is 42.2 Å². The van der Waals surface area contributed by atoms with Crippen LogP contribution in [0.4, 0.5) is 4.79 Å². The van der Waals surface area contributed by atoms with Crippen LogP contribution < -0.4 is 25.4 Å². The van der Waals surface area contributed by atoms with E-state index in [4.69, 9.17) is 14.5 Å². The van der Waals surface area contributed by atoms with Gasteiger partial charge in [0.2, 0.25) is 11.8 Å². The van der Waals surface area contributed by atoms with E-state index in [0.717, 1.165) is 5.56 Å². The molecule has 3 heterocycles. The molecule has 4 amide bonds. The highest BCUT2D eigenvalue weighted by atomic mass is 32.2. The second-order valence-electron chi connectivity index (χ2n) is 15.1. The Hall–Kier alpha value is -5.18. The summed E-state index contributed by atoms with van der Waals surface area (Å²) >= 11 is 0. The fraction of sp³-hybridized carbons (Fsp3) is 0.447. The minimum atomic E-state index is -3.27. The molecule has 0 spiro atoms. The van der Waals surface area contributed by atoms with Crippen molar-refractivity contribution in [3.05, 3.63) is 67.3 Å². The summed E-state index contributed by atoms with van der Waals surface area (Å²) in [5.74, 6) is -2.08. The van der Waals surface area contributed by atoms with Gasteiger partial charge in [-0.3, -0.25) is 9.59 Å². The van der Waals surface area contributed by atoms with Crippen LogP contribution in [0.1, 0.15) is 40.0 Å². The number of carboxylic acids is 1. The maximum Gasteiger partial charge on any atom is 0.330 e. The molecule has 2 aromatic carbocycles. The van der Waals surface area contributed by atoms with Gasteiger partial charge in [-0.05, 0) is 30.4 Å². The normalized spacial score (nSPS) is 25.2. The van der Waals surface area contributed by atoms with E-state index in [2.05, 4.69) is 22.5 Å². The van der Waals surface area contributed by atoms with Crippen molar-refractivity contribution in [2.75, 3.05) is 25.2 Å². The topological polar surface area (TPSA) is 193 Å². The summed E-state index contributed by atoms with van der Waals surface area (Å²) in [6, 6.07) is 13.1. The number of amides is 4. The first-order chi connectivity index (χ1) is 25.0. The Balaban J connectivity index is 1.30. The predicted octanol–water partition coefficient (Wildman–Crippen LogP) is 3.31. The summed E-state index contributed by atoms with van der Waals surface area (Å²) in [6.07, 6.45) is 1.20. The zero-order valence-corrected chi connectivity index (χ0v) is 30.9. The number of nitrogens with one attached hydrogen (secondary N) is 3. The van der Waals surface area contributed by atoms with Gasteiger partial charge in [-0.15, -0.1) is 6.58 Å². The minimum absolute atomic E-state index is 0.0145. The zero-order valence-electron chi connectivity index (χ0n) is 30.1. The molecule has 2 saturated heterocycles. The van der Waals surface area contributed by atoms with E-state index >= 15 is 0 Å². The number of likely N-dealkylation sites (tertiary alicyclic amines) is 1. The number of aliphatic carboxylic acids is 1. The van der Waals surface area contributed by atoms with Crippen molar-refractivity contribution >= 4 is 44.6 Å². The van der Waals surface area contributed by atoms with Crippen molar-refractivity contribution in [1.82, 2.24) is 25.8 Å². The summed E-state index contributed by atoms with van der Waals surface area (Å²) in [4.78, 5) is 60.1. The highest BCUT2D eigenvalue weighted by Crippen LogP contribution is 2.45. The smallest absolute Gasteiger partial charge is 0.330 e. The largest absolute Gasteiger partial charge is 0.497 e. The molecule has 1 aliphatic carbocycles. The number of ether oxygens (including phenoxy) is 2. The molecule has 282 valence electrons. The molecule has 1 saturated carbocycles. The lowest BCUT2D eigenvalue weighted by molar-refractivity contribution is -0.144. The number of benzene rings is 2. The number of rotatable bonds is 11. The monoisotopic (exact) mass is 747 g/mol. The van der Waals surface area contributed by atoms with Crippen molar-refractivity contribution in [2.45, 2.75) is 69.8 Å². The number of nitrogens with zero attached hydrogens (tertiary/aromatic N) is 2. The van der Waals surface area contributed by atoms with E-state index in [9.17, 15) is 32.7 Å². The first-order valence-corrected chi connectivity index (χ1v) is 19.3. The molecule has 0 radical (unpaired) electrons. The highest BCUT2D eigenvalue weighted by Gasteiger charge is 2.61. The SMILES string of the molecule is C=CC1C[C@]1(NC(=O)[C@@H]1C[C@@H](Oc2cc(-c3ccccc3)nc3cc(OC)ccc23)CN1C(=O)NC(C(=O)NC1CCS(=O)(=O)C1)C(C)(C)C)C(=O)O. The zero-order chi connectivity index (χ0) is 38.3. The summed E-state index contributed by atoms with van der Waals surface area (Å²) in [7, 11) is -1.71. The lowest BCUT2D eigenvalue weighted by atomic mass is 9.86. The molecule has 53 heavy (non-hydrogen) atoms. The first kappa shape index (κ1) is 37.6. The lowest BCUT2D eigenvalue weighted by Gasteiger charge is -2.34. The molecule has 6 atom stereocenters. The van der Waals surface area contributed by atoms with Crippen LogP contribution in [-0.4, -0.2) is 102 Å². The lowest BCUT2D eigenvalue weighted by Crippen LogP contribution is -2.60. The number of pyridine rings is 1. The molecule has 3 unspecified atom stereocenters. The number of methoxy groups -OCH3 is 1. The summed E-state index contributed by atoms with van der Waals surface area (Å²) in [6.45, 7) is 8.90. The second-order valence-corrected chi connectivity index (χ2v) is 17.3. The number of sulfone groups is 1. The average molecular weight is 748 g/mol. The Morgan fingerprint density at radius 3 is 2.45 bits per heavy atom. The number of carbonyl (C=O) groups excluding carboxylic acids is 3. The fourth-order valence-electron chi connectivity index (χ4n) is 7.09. The van der Waals surface area contributed by atoms with Gasteiger partial charge in [-0.1, -0.05) is 57.2 Å². The number of aromatic nitrogens is 1. The van der Waals surface area contributed by atoms with Gasteiger partial charge < -0.3 is 35.4 Å².